The molecule has 1 aromatic carbocycles. The SMILES string of the molecule is Cn1c(=O)c2c(CC(=O)Nc3nc(-c4ccc(OC(F)(F)F)c(F)c4)cs3)cnnc2n(C)c1=O. The topological polar surface area (TPSA) is 121 Å². The van der Waals surface area contributed by atoms with Crippen LogP contribution in [0.25, 0.3) is 22.3 Å². The van der Waals surface area contributed by atoms with E-state index in [2.05, 4.69) is 25.2 Å². The number of fused-ring (bicyclic) bond motifs is 1. The van der Waals surface area contributed by atoms with Gasteiger partial charge in [0, 0.05) is 25.0 Å². The van der Waals surface area contributed by atoms with Gasteiger partial charge < -0.3 is 10.1 Å². The summed E-state index contributed by atoms with van der Waals surface area (Å²) in [6, 6.07) is 2.85. The molecule has 0 saturated carbocycles. The van der Waals surface area contributed by atoms with Crippen molar-refractivity contribution in [1.29, 1.82) is 0 Å². The molecule has 3 heterocycles. The van der Waals surface area contributed by atoms with Gasteiger partial charge in [0.25, 0.3) is 5.56 Å². The molecule has 0 saturated heterocycles. The molecule has 4 rings (SSSR count). The minimum atomic E-state index is -5.03. The molecule has 0 aliphatic heterocycles. The number of nitrogens with one attached hydrogen (secondary N) is 1. The fourth-order valence-electron chi connectivity index (χ4n) is 3.25. The number of hydrogen-bond donors (Lipinski definition) is 1. The quantitative estimate of drug-likeness (QED) is 0.409. The predicted molar refractivity (Wildman–Crippen MR) is 117 cm³/mol. The van der Waals surface area contributed by atoms with E-state index in [9.17, 15) is 31.9 Å². The number of carbonyl (C=O) groups excluding carboxylic acids is 1. The monoisotopic (exact) mass is 510 g/mol. The Bertz CT molecular complexity index is 1580. The number of halogens is 4. The fourth-order valence-corrected chi connectivity index (χ4v) is 3.99. The van der Waals surface area contributed by atoms with Gasteiger partial charge in [-0.2, -0.15) is 5.10 Å². The van der Waals surface area contributed by atoms with E-state index < -0.39 is 35.1 Å². The largest absolute Gasteiger partial charge is 0.573 e. The standard InChI is InChI=1S/C20H14F4N6O4S/c1-29-16-15(17(32)30(2)19(29)33)10(7-25-28-16)6-14(31)27-18-26-12(8-35-18)9-3-4-13(11(21)5-9)34-20(22,23)24/h3-5,7-8H,6H2,1-2H3,(H,26,27,31). The number of benzene rings is 1. The maximum Gasteiger partial charge on any atom is 0.573 e. The molecule has 10 nitrogen and oxygen atoms in total. The van der Waals surface area contributed by atoms with Crippen molar-refractivity contribution in [3.63, 3.8) is 0 Å². The molecule has 0 unspecified atom stereocenters. The zero-order chi connectivity index (χ0) is 25.5. The third-order valence-corrected chi connectivity index (χ3v) is 5.63. The smallest absolute Gasteiger partial charge is 0.403 e. The number of thiazole rings is 1. The lowest BCUT2D eigenvalue weighted by atomic mass is 10.1. The lowest BCUT2D eigenvalue weighted by Gasteiger charge is -2.10. The van der Waals surface area contributed by atoms with Gasteiger partial charge in [0.2, 0.25) is 5.91 Å². The van der Waals surface area contributed by atoms with E-state index >= 15 is 0 Å². The van der Waals surface area contributed by atoms with Crippen LogP contribution in [0.1, 0.15) is 5.56 Å². The van der Waals surface area contributed by atoms with E-state index in [1.54, 1.807) is 0 Å². The lowest BCUT2D eigenvalue weighted by molar-refractivity contribution is -0.275. The lowest BCUT2D eigenvalue weighted by Crippen LogP contribution is -2.38. The number of nitrogens with zero attached hydrogens (tertiary/aromatic N) is 5. The first kappa shape index (κ1) is 24.0. The van der Waals surface area contributed by atoms with Crippen molar-refractivity contribution in [1.82, 2.24) is 24.3 Å². The van der Waals surface area contributed by atoms with Gasteiger partial charge in [-0.1, -0.05) is 0 Å². The molecule has 1 N–H and O–H groups in total. The van der Waals surface area contributed by atoms with Crippen LogP contribution in [0.5, 0.6) is 5.75 Å². The summed E-state index contributed by atoms with van der Waals surface area (Å²) < 4.78 is 56.5. The van der Waals surface area contributed by atoms with Crippen LogP contribution in [0.15, 0.2) is 39.4 Å². The number of carbonyl (C=O) groups is 1. The molecule has 3 aromatic heterocycles. The molecule has 15 heteroatoms. The summed E-state index contributed by atoms with van der Waals surface area (Å²) in [5.41, 5.74) is -0.576. The average molecular weight is 510 g/mol. The van der Waals surface area contributed by atoms with Crippen LogP contribution in [0, 0.1) is 5.82 Å². The van der Waals surface area contributed by atoms with Gasteiger partial charge in [0.15, 0.2) is 22.3 Å². The van der Waals surface area contributed by atoms with Gasteiger partial charge in [-0.05, 0) is 23.8 Å². The minimum absolute atomic E-state index is 0.0277. The summed E-state index contributed by atoms with van der Waals surface area (Å²) in [7, 11) is 2.72. The fraction of sp³-hybridized carbons (Fsp3) is 0.200. The molecule has 0 fully saturated rings. The van der Waals surface area contributed by atoms with Crippen LogP contribution >= 0.6 is 11.3 Å². The van der Waals surface area contributed by atoms with E-state index in [-0.39, 0.29) is 39.4 Å². The van der Waals surface area contributed by atoms with Gasteiger partial charge in [-0.25, -0.2) is 14.2 Å². The maximum absolute atomic E-state index is 14.0. The number of anilines is 1. The van der Waals surface area contributed by atoms with Crippen LogP contribution in [0.2, 0.25) is 0 Å². The zero-order valence-electron chi connectivity index (χ0n) is 17.9. The summed E-state index contributed by atoms with van der Waals surface area (Å²) in [4.78, 5) is 41.4. The van der Waals surface area contributed by atoms with Crippen molar-refractivity contribution in [3.05, 3.63) is 62.0 Å². The Labute approximate surface area is 196 Å². The molecule has 0 radical (unpaired) electrons. The first-order chi connectivity index (χ1) is 16.4. The van der Waals surface area contributed by atoms with E-state index in [0.29, 0.717) is 0 Å². The predicted octanol–water partition coefficient (Wildman–Crippen LogP) is 2.37. The zero-order valence-corrected chi connectivity index (χ0v) is 18.7. The van der Waals surface area contributed by atoms with E-state index in [1.165, 1.54) is 31.7 Å². The van der Waals surface area contributed by atoms with Gasteiger partial charge in [0.1, 0.15) is 0 Å². The first-order valence-electron chi connectivity index (χ1n) is 9.66. The Hall–Kier alpha value is -4.14. The Morgan fingerprint density at radius 2 is 1.94 bits per heavy atom. The number of alkyl halides is 3. The van der Waals surface area contributed by atoms with Crippen LogP contribution in [0.3, 0.4) is 0 Å². The molecule has 4 aromatic rings. The molecular formula is C20H14F4N6O4S. The molecule has 0 aliphatic carbocycles. The number of amides is 1. The second kappa shape index (κ2) is 8.90. The Kier molecular flexibility index (Phi) is 6.10. The summed E-state index contributed by atoms with van der Waals surface area (Å²) in [6.07, 6.45) is -4.07. The highest BCUT2D eigenvalue weighted by Gasteiger charge is 2.32. The van der Waals surface area contributed by atoms with Gasteiger partial charge in [-0.15, -0.1) is 29.6 Å². The highest BCUT2D eigenvalue weighted by molar-refractivity contribution is 7.14. The normalized spacial score (nSPS) is 11.6. The van der Waals surface area contributed by atoms with Crippen LogP contribution < -0.4 is 21.3 Å². The first-order valence-corrected chi connectivity index (χ1v) is 10.5. The summed E-state index contributed by atoms with van der Waals surface area (Å²) in [6.45, 7) is 0. The molecule has 0 atom stereocenters. The van der Waals surface area contributed by atoms with Crippen molar-refractivity contribution in [2.75, 3.05) is 5.32 Å². The third-order valence-electron chi connectivity index (χ3n) is 4.88. The van der Waals surface area contributed by atoms with Gasteiger partial charge >= 0.3 is 12.1 Å². The summed E-state index contributed by atoms with van der Waals surface area (Å²) in [5.74, 6) is -2.77. The van der Waals surface area contributed by atoms with Crippen molar-refractivity contribution in [3.8, 4) is 17.0 Å². The number of hydrogen-bond acceptors (Lipinski definition) is 8. The van der Waals surface area contributed by atoms with Gasteiger partial charge in [0.05, 0.1) is 23.7 Å². The molecule has 0 bridgehead atoms. The second-order valence-electron chi connectivity index (χ2n) is 7.23. The Morgan fingerprint density at radius 1 is 1.20 bits per heavy atom. The number of ether oxygens (including phenoxy) is 1. The molecule has 1 amide bonds. The molecule has 0 spiro atoms. The third kappa shape index (κ3) is 4.89. The van der Waals surface area contributed by atoms with Crippen LogP contribution in [0.4, 0.5) is 22.7 Å². The van der Waals surface area contributed by atoms with Gasteiger partial charge in [-0.3, -0.25) is 18.7 Å². The number of aromatic nitrogens is 5. The summed E-state index contributed by atoms with van der Waals surface area (Å²) >= 11 is 1.00. The molecule has 35 heavy (non-hydrogen) atoms. The van der Waals surface area contributed by atoms with Crippen molar-refractivity contribution < 1.29 is 27.1 Å². The second-order valence-corrected chi connectivity index (χ2v) is 8.09. The number of aryl methyl sites for hydroxylation is 1. The maximum atomic E-state index is 14.0. The van der Waals surface area contributed by atoms with Crippen molar-refractivity contribution in [2.24, 2.45) is 14.1 Å². The van der Waals surface area contributed by atoms with Crippen LogP contribution in [-0.2, 0) is 25.3 Å². The van der Waals surface area contributed by atoms with E-state index in [4.69, 9.17) is 0 Å². The van der Waals surface area contributed by atoms with E-state index in [0.717, 1.165) is 32.6 Å². The van der Waals surface area contributed by atoms with Crippen LogP contribution in [-0.4, -0.2) is 36.6 Å². The average Bonchev–Trinajstić information content (AvgIpc) is 3.24. The van der Waals surface area contributed by atoms with E-state index in [1.807, 2.05) is 0 Å². The Morgan fingerprint density at radius 3 is 2.63 bits per heavy atom. The van der Waals surface area contributed by atoms with Crippen molar-refractivity contribution in [2.45, 2.75) is 12.8 Å². The number of rotatable bonds is 5. The molecular weight excluding hydrogens is 496 g/mol. The highest BCUT2D eigenvalue weighted by atomic mass is 32.1. The highest BCUT2D eigenvalue weighted by Crippen LogP contribution is 2.31. The van der Waals surface area contributed by atoms with Crippen molar-refractivity contribution >= 4 is 33.4 Å². The summed E-state index contributed by atoms with van der Waals surface area (Å²) in [5, 5.41) is 11.8. The minimum Gasteiger partial charge on any atom is -0.403 e. The molecule has 182 valence electrons. The molecule has 0 aliphatic rings. The Balaban J connectivity index is 1.54.